The van der Waals surface area contributed by atoms with Gasteiger partial charge in [0.25, 0.3) is 0 Å². The van der Waals surface area contributed by atoms with Crippen molar-refractivity contribution in [1.82, 2.24) is 9.97 Å². The van der Waals surface area contributed by atoms with Gasteiger partial charge in [0.15, 0.2) is 0 Å². The van der Waals surface area contributed by atoms with Gasteiger partial charge < -0.3 is 19.5 Å². The van der Waals surface area contributed by atoms with E-state index in [4.69, 9.17) is 9.47 Å². The molecule has 2 aromatic carbocycles. The normalized spacial score (nSPS) is 12.1. The minimum atomic E-state index is -0.637. The van der Waals surface area contributed by atoms with Crippen molar-refractivity contribution in [3.05, 3.63) is 71.9 Å². The molecule has 4 aromatic rings. The maximum atomic E-state index is 10.5. The van der Waals surface area contributed by atoms with Crippen molar-refractivity contribution in [2.45, 2.75) is 12.7 Å². The number of hydrogen-bond acceptors (Lipinski definition) is 7. The highest BCUT2D eigenvalue weighted by atomic mass is 32.1. The van der Waals surface area contributed by atoms with E-state index < -0.39 is 6.10 Å². The summed E-state index contributed by atoms with van der Waals surface area (Å²) in [4.78, 5) is 11.8. The van der Waals surface area contributed by atoms with Crippen molar-refractivity contribution in [2.24, 2.45) is 0 Å². The van der Waals surface area contributed by atoms with E-state index in [-0.39, 0.29) is 6.61 Å². The van der Waals surface area contributed by atoms with Crippen LogP contribution in [0.3, 0.4) is 0 Å². The first-order valence-corrected chi connectivity index (χ1v) is 10.9. The second kappa shape index (κ2) is 9.87. The van der Waals surface area contributed by atoms with Gasteiger partial charge in [-0.1, -0.05) is 42.5 Å². The summed E-state index contributed by atoms with van der Waals surface area (Å²) in [6, 6.07) is 17.9. The SMILES string of the molecule is COc1ccc(-c2csc3ncnc(N(C)CC(O)COCc4ccccc4)c23)cc1. The van der Waals surface area contributed by atoms with Gasteiger partial charge in [-0.25, -0.2) is 9.97 Å². The molecule has 0 amide bonds. The monoisotopic (exact) mass is 435 g/mol. The third-order valence-corrected chi connectivity index (χ3v) is 5.91. The van der Waals surface area contributed by atoms with Crippen molar-refractivity contribution < 1.29 is 14.6 Å². The molecule has 0 spiro atoms. The number of methoxy groups -OCH3 is 1. The van der Waals surface area contributed by atoms with Gasteiger partial charge in [0, 0.05) is 24.5 Å². The number of rotatable bonds is 9. The fourth-order valence-electron chi connectivity index (χ4n) is 3.47. The molecule has 7 heteroatoms. The van der Waals surface area contributed by atoms with Crippen LogP contribution >= 0.6 is 11.3 Å². The number of hydrogen-bond donors (Lipinski definition) is 1. The van der Waals surface area contributed by atoms with Crippen LogP contribution in [0.1, 0.15) is 5.56 Å². The highest BCUT2D eigenvalue weighted by molar-refractivity contribution is 7.17. The molecule has 2 aromatic heterocycles. The number of aromatic nitrogens is 2. The fourth-order valence-corrected chi connectivity index (χ4v) is 4.38. The van der Waals surface area contributed by atoms with Crippen LogP contribution in [0.2, 0.25) is 0 Å². The summed E-state index contributed by atoms with van der Waals surface area (Å²) in [5.74, 6) is 1.61. The second-order valence-corrected chi connectivity index (χ2v) is 8.15. The molecule has 0 saturated carbocycles. The van der Waals surface area contributed by atoms with Crippen molar-refractivity contribution in [3.63, 3.8) is 0 Å². The van der Waals surface area contributed by atoms with Crippen LogP contribution in [-0.4, -0.2) is 48.5 Å². The summed E-state index contributed by atoms with van der Waals surface area (Å²) in [7, 11) is 3.59. The van der Waals surface area contributed by atoms with E-state index in [2.05, 4.69) is 15.3 Å². The molecule has 31 heavy (non-hydrogen) atoms. The number of anilines is 1. The lowest BCUT2D eigenvalue weighted by molar-refractivity contribution is 0.0324. The molecule has 4 rings (SSSR count). The third-order valence-electron chi connectivity index (χ3n) is 5.02. The molecule has 1 atom stereocenters. The second-order valence-electron chi connectivity index (χ2n) is 7.29. The molecule has 0 aliphatic carbocycles. The Morgan fingerprint density at radius 2 is 1.84 bits per heavy atom. The molecule has 0 saturated heterocycles. The first kappa shape index (κ1) is 21.2. The van der Waals surface area contributed by atoms with Crippen LogP contribution in [-0.2, 0) is 11.3 Å². The summed E-state index contributed by atoms with van der Waals surface area (Å²) in [6.45, 7) is 1.13. The number of ether oxygens (including phenoxy) is 2. The van der Waals surface area contributed by atoms with Gasteiger partial charge in [0.05, 0.1) is 31.8 Å². The fraction of sp³-hybridized carbons (Fsp3) is 0.250. The first-order valence-electron chi connectivity index (χ1n) is 10.0. The summed E-state index contributed by atoms with van der Waals surface area (Å²) in [5, 5.41) is 13.6. The molecule has 0 radical (unpaired) electrons. The van der Waals surface area contributed by atoms with E-state index in [1.54, 1.807) is 24.8 Å². The molecule has 1 N–H and O–H groups in total. The van der Waals surface area contributed by atoms with E-state index >= 15 is 0 Å². The van der Waals surface area contributed by atoms with Crippen molar-refractivity contribution >= 4 is 27.4 Å². The predicted molar refractivity (Wildman–Crippen MR) is 125 cm³/mol. The molecule has 160 valence electrons. The van der Waals surface area contributed by atoms with Gasteiger partial charge in [-0.3, -0.25) is 0 Å². The molecule has 0 aliphatic rings. The van der Waals surface area contributed by atoms with Gasteiger partial charge in [-0.15, -0.1) is 11.3 Å². The number of thiophene rings is 1. The van der Waals surface area contributed by atoms with E-state index in [1.807, 2.05) is 66.5 Å². The summed E-state index contributed by atoms with van der Waals surface area (Å²) >= 11 is 1.58. The van der Waals surface area contributed by atoms with Crippen LogP contribution in [0.4, 0.5) is 5.82 Å². The van der Waals surface area contributed by atoms with Gasteiger partial charge in [0.2, 0.25) is 0 Å². The zero-order valence-electron chi connectivity index (χ0n) is 17.6. The van der Waals surface area contributed by atoms with Gasteiger partial charge in [-0.2, -0.15) is 0 Å². The minimum absolute atomic E-state index is 0.252. The van der Waals surface area contributed by atoms with E-state index in [9.17, 15) is 5.11 Å². The number of aliphatic hydroxyl groups is 1. The Bertz CT molecular complexity index is 1120. The summed E-state index contributed by atoms with van der Waals surface area (Å²) in [5.41, 5.74) is 3.23. The number of nitrogens with zero attached hydrogens (tertiary/aromatic N) is 3. The van der Waals surface area contributed by atoms with Gasteiger partial charge in [-0.05, 0) is 23.3 Å². The first-order chi connectivity index (χ1) is 15.2. The van der Waals surface area contributed by atoms with Crippen molar-refractivity contribution in [3.8, 4) is 16.9 Å². The maximum Gasteiger partial charge on any atom is 0.141 e. The Hall–Kier alpha value is -3.00. The van der Waals surface area contributed by atoms with Crippen LogP contribution in [0.25, 0.3) is 21.3 Å². The standard InChI is InChI=1S/C24H25N3O3S/c1-27(12-19(28)14-30-13-17-6-4-3-5-7-17)23-22-21(15-31-24(22)26-16-25-23)18-8-10-20(29-2)11-9-18/h3-11,15-16,19,28H,12-14H2,1-2H3. The van der Waals surface area contributed by atoms with Crippen molar-refractivity contribution in [2.75, 3.05) is 32.2 Å². The number of aliphatic hydroxyl groups excluding tert-OH is 1. The summed E-state index contributed by atoms with van der Waals surface area (Å²) in [6.07, 6.45) is 0.933. The molecule has 0 bridgehead atoms. The molecule has 0 aliphatic heterocycles. The Morgan fingerprint density at radius 1 is 1.06 bits per heavy atom. The number of fused-ring (bicyclic) bond motifs is 1. The largest absolute Gasteiger partial charge is 0.497 e. The lowest BCUT2D eigenvalue weighted by atomic mass is 10.1. The van der Waals surface area contributed by atoms with Gasteiger partial charge in [0.1, 0.15) is 22.7 Å². The quantitative estimate of drug-likeness (QED) is 0.421. The predicted octanol–water partition coefficient (Wildman–Crippen LogP) is 4.38. The average Bonchev–Trinajstić information content (AvgIpc) is 3.24. The topological polar surface area (TPSA) is 67.7 Å². The minimum Gasteiger partial charge on any atom is -0.497 e. The van der Waals surface area contributed by atoms with Crippen LogP contribution in [0, 0.1) is 0 Å². The Balaban J connectivity index is 1.48. The number of likely N-dealkylation sites (N-methyl/N-ethyl adjacent to an activating group) is 1. The molecule has 2 heterocycles. The molecule has 1 unspecified atom stereocenters. The van der Waals surface area contributed by atoms with E-state index in [0.717, 1.165) is 38.5 Å². The Labute approximate surface area is 185 Å². The lowest BCUT2D eigenvalue weighted by Gasteiger charge is -2.22. The maximum absolute atomic E-state index is 10.5. The van der Waals surface area contributed by atoms with Crippen LogP contribution < -0.4 is 9.64 Å². The zero-order valence-corrected chi connectivity index (χ0v) is 18.4. The van der Waals surface area contributed by atoms with Crippen molar-refractivity contribution in [1.29, 1.82) is 0 Å². The lowest BCUT2D eigenvalue weighted by Crippen LogP contribution is -2.32. The molecule has 0 fully saturated rings. The molecular formula is C24H25N3O3S. The van der Waals surface area contributed by atoms with Crippen LogP contribution in [0.5, 0.6) is 5.75 Å². The molecule has 6 nitrogen and oxygen atoms in total. The third kappa shape index (κ3) is 5.02. The van der Waals surface area contributed by atoms with Gasteiger partial charge >= 0.3 is 0 Å². The highest BCUT2D eigenvalue weighted by Crippen LogP contribution is 2.38. The Kier molecular flexibility index (Phi) is 6.76. The van der Waals surface area contributed by atoms with E-state index in [1.165, 1.54) is 0 Å². The van der Waals surface area contributed by atoms with E-state index in [0.29, 0.717) is 13.2 Å². The zero-order chi connectivity index (χ0) is 21.6. The average molecular weight is 436 g/mol. The number of benzene rings is 2. The Morgan fingerprint density at radius 3 is 2.58 bits per heavy atom. The molecular weight excluding hydrogens is 410 g/mol. The summed E-state index contributed by atoms with van der Waals surface area (Å²) < 4.78 is 11.0. The smallest absolute Gasteiger partial charge is 0.141 e. The highest BCUT2D eigenvalue weighted by Gasteiger charge is 2.18. The van der Waals surface area contributed by atoms with Crippen LogP contribution in [0.15, 0.2) is 66.3 Å².